The van der Waals surface area contributed by atoms with Gasteiger partial charge in [0.05, 0.1) is 4.88 Å². The number of halogens is 1. The highest BCUT2D eigenvalue weighted by Gasteiger charge is 2.17. The van der Waals surface area contributed by atoms with Crippen molar-refractivity contribution in [3.05, 3.63) is 22.4 Å². The summed E-state index contributed by atoms with van der Waals surface area (Å²) in [5, 5.41) is 5.09. The fourth-order valence-corrected chi connectivity index (χ4v) is 5.06. The molecule has 0 saturated heterocycles. The Kier molecular flexibility index (Phi) is 5.42. The number of rotatable bonds is 6. The molecule has 0 spiro atoms. The molecular weight excluding hydrogens is 342 g/mol. The number of alkyl halides is 1. The van der Waals surface area contributed by atoms with E-state index in [0.29, 0.717) is 17.3 Å². The second kappa shape index (κ2) is 6.86. The fourth-order valence-electron chi connectivity index (χ4n) is 2.12. The molecule has 2 rings (SSSR count). The Hall–Kier alpha value is -0.390. The van der Waals surface area contributed by atoms with Crippen LogP contribution in [-0.2, 0) is 0 Å². The maximum Gasteiger partial charge on any atom is 0.261 e. The molecule has 0 bridgehead atoms. The standard InChI is InChI=1S/C14H18BrNOS2/c1-3-9(4-2)10(15)8-16-14(17)13-7-12-11(19-13)5-6-18-12/h5-7,9-10H,3-4,8H2,1-2H3,(H,16,17). The van der Waals surface area contributed by atoms with Crippen molar-refractivity contribution < 1.29 is 4.79 Å². The molecule has 0 radical (unpaired) electrons. The van der Waals surface area contributed by atoms with E-state index >= 15 is 0 Å². The summed E-state index contributed by atoms with van der Waals surface area (Å²) >= 11 is 6.93. The molecule has 5 heteroatoms. The summed E-state index contributed by atoms with van der Waals surface area (Å²) in [6.07, 6.45) is 2.27. The average Bonchev–Trinajstić information content (AvgIpc) is 2.98. The topological polar surface area (TPSA) is 29.1 Å². The van der Waals surface area contributed by atoms with Crippen LogP contribution >= 0.6 is 38.6 Å². The van der Waals surface area contributed by atoms with E-state index in [9.17, 15) is 4.79 Å². The minimum absolute atomic E-state index is 0.0452. The lowest BCUT2D eigenvalue weighted by Gasteiger charge is -2.19. The number of fused-ring (bicyclic) bond motifs is 1. The van der Waals surface area contributed by atoms with Crippen molar-refractivity contribution in [3.63, 3.8) is 0 Å². The molecule has 0 aliphatic rings. The maximum atomic E-state index is 12.1. The zero-order chi connectivity index (χ0) is 13.8. The van der Waals surface area contributed by atoms with Gasteiger partial charge in [-0.2, -0.15) is 0 Å². The minimum atomic E-state index is 0.0452. The van der Waals surface area contributed by atoms with Gasteiger partial charge in [-0.15, -0.1) is 22.7 Å². The molecule has 0 saturated carbocycles. The van der Waals surface area contributed by atoms with Crippen molar-refractivity contribution in [1.82, 2.24) is 5.32 Å². The number of thiophene rings is 2. The van der Waals surface area contributed by atoms with E-state index < -0.39 is 0 Å². The number of carbonyl (C=O) groups is 1. The molecule has 1 amide bonds. The molecule has 2 heterocycles. The smallest absolute Gasteiger partial charge is 0.261 e. The van der Waals surface area contributed by atoms with E-state index in [1.165, 1.54) is 9.40 Å². The predicted octanol–water partition coefficient (Wildman–Crippen LogP) is 4.89. The Morgan fingerprint density at radius 2 is 2.11 bits per heavy atom. The third-order valence-electron chi connectivity index (χ3n) is 3.38. The van der Waals surface area contributed by atoms with Crippen LogP contribution in [0.5, 0.6) is 0 Å². The molecule has 1 atom stereocenters. The summed E-state index contributed by atoms with van der Waals surface area (Å²) in [5.41, 5.74) is 0. The van der Waals surface area contributed by atoms with Crippen LogP contribution in [0.2, 0.25) is 0 Å². The van der Waals surface area contributed by atoms with Crippen molar-refractivity contribution in [2.45, 2.75) is 31.5 Å². The van der Waals surface area contributed by atoms with Crippen molar-refractivity contribution >= 4 is 53.9 Å². The summed E-state index contributed by atoms with van der Waals surface area (Å²) < 4.78 is 2.40. The van der Waals surface area contributed by atoms with Gasteiger partial charge in [0.25, 0.3) is 5.91 Å². The number of nitrogens with one attached hydrogen (secondary N) is 1. The molecule has 2 nitrogen and oxygen atoms in total. The van der Waals surface area contributed by atoms with Crippen LogP contribution in [0.1, 0.15) is 36.4 Å². The Morgan fingerprint density at radius 1 is 1.37 bits per heavy atom. The van der Waals surface area contributed by atoms with E-state index in [0.717, 1.165) is 17.7 Å². The van der Waals surface area contributed by atoms with Crippen LogP contribution in [0.15, 0.2) is 17.5 Å². The van der Waals surface area contributed by atoms with E-state index in [2.05, 4.69) is 46.5 Å². The summed E-state index contributed by atoms with van der Waals surface area (Å²) in [5.74, 6) is 0.663. The second-order valence-electron chi connectivity index (χ2n) is 4.56. The first-order valence-electron chi connectivity index (χ1n) is 6.55. The molecule has 0 aliphatic heterocycles. The lowest BCUT2D eigenvalue weighted by atomic mass is 9.99. The lowest BCUT2D eigenvalue weighted by Crippen LogP contribution is -2.32. The molecule has 104 valence electrons. The number of amides is 1. The van der Waals surface area contributed by atoms with Crippen molar-refractivity contribution in [2.75, 3.05) is 6.54 Å². The first-order chi connectivity index (χ1) is 9.15. The van der Waals surface area contributed by atoms with Gasteiger partial charge in [-0.3, -0.25) is 4.79 Å². The third-order valence-corrected chi connectivity index (χ3v) is 6.54. The highest BCUT2D eigenvalue weighted by molar-refractivity contribution is 9.09. The Balaban J connectivity index is 1.92. The first kappa shape index (κ1) is 15.0. The van der Waals surface area contributed by atoms with Gasteiger partial charge >= 0.3 is 0 Å². The Morgan fingerprint density at radius 3 is 2.74 bits per heavy atom. The predicted molar refractivity (Wildman–Crippen MR) is 88.8 cm³/mol. The Bertz CT molecular complexity index is 516. The molecule has 1 N–H and O–H groups in total. The highest BCUT2D eigenvalue weighted by Crippen LogP contribution is 2.30. The van der Waals surface area contributed by atoms with Gasteiger partial charge in [0.15, 0.2) is 0 Å². The fraction of sp³-hybridized carbons (Fsp3) is 0.500. The molecule has 0 aliphatic carbocycles. The lowest BCUT2D eigenvalue weighted by molar-refractivity contribution is 0.0956. The monoisotopic (exact) mass is 359 g/mol. The first-order valence-corrected chi connectivity index (χ1v) is 9.16. The van der Waals surface area contributed by atoms with Gasteiger partial charge in [-0.05, 0) is 23.4 Å². The third kappa shape index (κ3) is 3.58. The summed E-state index contributed by atoms with van der Waals surface area (Å²) in [7, 11) is 0. The quantitative estimate of drug-likeness (QED) is 0.730. The van der Waals surface area contributed by atoms with Crippen molar-refractivity contribution in [1.29, 1.82) is 0 Å². The zero-order valence-corrected chi connectivity index (χ0v) is 14.3. The van der Waals surface area contributed by atoms with Crippen LogP contribution in [0.4, 0.5) is 0 Å². The van der Waals surface area contributed by atoms with Crippen LogP contribution < -0.4 is 5.32 Å². The zero-order valence-electron chi connectivity index (χ0n) is 11.1. The van der Waals surface area contributed by atoms with Gasteiger partial charge in [0.1, 0.15) is 0 Å². The van der Waals surface area contributed by atoms with Crippen LogP contribution in [0.3, 0.4) is 0 Å². The van der Waals surface area contributed by atoms with Gasteiger partial charge in [0, 0.05) is 20.8 Å². The molecule has 0 aromatic carbocycles. The van der Waals surface area contributed by atoms with E-state index in [1.54, 1.807) is 22.7 Å². The van der Waals surface area contributed by atoms with Gasteiger partial charge in [0.2, 0.25) is 0 Å². The van der Waals surface area contributed by atoms with E-state index in [-0.39, 0.29) is 5.91 Å². The van der Waals surface area contributed by atoms with Gasteiger partial charge in [-0.25, -0.2) is 0 Å². The minimum Gasteiger partial charge on any atom is -0.350 e. The molecule has 1 unspecified atom stereocenters. The largest absolute Gasteiger partial charge is 0.350 e. The number of carbonyl (C=O) groups excluding carboxylic acids is 1. The SMILES string of the molecule is CCC(CC)C(Br)CNC(=O)c1cc2sccc2s1. The van der Waals surface area contributed by atoms with Gasteiger partial charge in [-0.1, -0.05) is 42.6 Å². The van der Waals surface area contributed by atoms with Crippen LogP contribution in [-0.4, -0.2) is 17.3 Å². The summed E-state index contributed by atoms with van der Waals surface area (Å²) in [4.78, 5) is 13.3. The molecule has 2 aromatic rings. The summed E-state index contributed by atoms with van der Waals surface area (Å²) in [6, 6.07) is 4.05. The summed E-state index contributed by atoms with van der Waals surface area (Å²) in [6.45, 7) is 5.08. The van der Waals surface area contributed by atoms with Crippen molar-refractivity contribution in [2.24, 2.45) is 5.92 Å². The normalized spacial score (nSPS) is 13.1. The van der Waals surface area contributed by atoms with Gasteiger partial charge < -0.3 is 5.32 Å². The molecule has 2 aromatic heterocycles. The molecular formula is C14H18BrNOS2. The molecule has 0 fully saturated rings. The van der Waals surface area contributed by atoms with E-state index in [1.807, 2.05) is 6.07 Å². The van der Waals surface area contributed by atoms with Crippen molar-refractivity contribution in [3.8, 4) is 0 Å². The van der Waals surface area contributed by atoms with E-state index in [4.69, 9.17) is 0 Å². The van der Waals surface area contributed by atoms with Crippen LogP contribution in [0.25, 0.3) is 9.40 Å². The molecule has 19 heavy (non-hydrogen) atoms. The second-order valence-corrected chi connectivity index (χ2v) is 7.77. The van der Waals surface area contributed by atoms with Crippen LogP contribution in [0, 0.1) is 5.92 Å². The Labute approximate surface area is 130 Å². The number of hydrogen-bond donors (Lipinski definition) is 1. The number of hydrogen-bond acceptors (Lipinski definition) is 3. The average molecular weight is 360 g/mol. The highest BCUT2D eigenvalue weighted by atomic mass is 79.9. The maximum absolute atomic E-state index is 12.1.